The van der Waals surface area contributed by atoms with Gasteiger partial charge in [0.05, 0.1) is 12.7 Å². The Morgan fingerprint density at radius 1 is 1.54 bits per heavy atom. The normalized spacial score (nSPS) is 9.69. The second-order valence-corrected chi connectivity index (χ2v) is 3.01. The number of rotatable bonds is 3. The molecule has 0 aliphatic rings. The van der Waals surface area contributed by atoms with E-state index < -0.39 is 0 Å². The minimum Gasteiger partial charge on any atom is -0.465 e. The minimum absolute atomic E-state index is 0.309. The molecule has 0 fully saturated rings. The monoisotopic (exact) mass is 198 g/mol. The summed E-state index contributed by atoms with van der Waals surface area (Å²) in [6.45, 7) is 0. The summed E-state index contributed by atoms with van der Waals surface area (Å²) in [6.07, 6.45) is 0.770. The third kappa shape index (κ3) is 2.74. The van der Waals surface area contributed by atoms with Gasteiger partial charge < -0.3 is 4.74 Å². The Morgan fingerprint density at radius 3 is 2.92 bits per heavy atom. The van der Waals surface area contributed by atoms with Crippen LogP contribution in [0.4, 0.5) is 0 Å². The Kier molecular flexibility index (Phi) is 3.77. The second kappa shape index (κ2) is 4.87. The number of alkyl halides is 1. The zero-order valence-electron chi connectivity index (χ0n) is 7.42. The quantitative estimate of drug-likeness (QED) is 0.550. The molecule has 0 radical (unpaired) electrons. The number of esters is 1. The first-order chi connectivity index (χ1) is 6.27. The van der Waals surface area contributed by atoms with Gasteiger partial charge >= 0.3 is 5.97 Å². The maximum absolute atomic E-state index is 11.1. The van der Waals surface area contributed by atoms with Gasteiger partial charge in [-0.05, 0) is 24.1 Å². The highest BCUT2D eigenvalue weighted by molar-refractivity contribution is 6.18. The van der Waals surface area contributed by atoms with E-state index in [9.17, 15) is 4.79 Å². The van der Waals surface area contributed by atoms with Gasteiger partial charge in [-0.1, -0.05) is 12.1 Å². The first kappa shape index (κ1) is 10.1. The lowest BCUT2D eigenvalue weighted by Gasteiger charge is -2.01. The molecule has 0 aliphatic heterocycles. The fourth-order valence-corrected chi connectivity index (χ4v) is 1.30. The van der Waals surface area contributed by atoms with Crippen molar-refractivity contribution < 1.29 is 9.53 Å². The molecule has 3 heteroatoms. The molecular formula is C10H11ClO2. The summed E-state index contributed by atoms with van der Waals surface area (Å²) in [7, 11) is 1.37. The Bertz CT molecular complexity index is 297. The van der Waals surface area contributed by atoms with E-state index in [1.165, 1.54) is 7.11 Å². The van der Waals surface area contributed by atoms with Crippen molar-refractivity contribution >= 4 is 17.6 Å². The van der Waals surface area contributed by atoms with Crippen molar-refractivity contribution in [2.45, 2.75) is 6.42 Å². The lowest BCUT2D eigenvalue weighted by atomic mass is 10.1. The molecule has 0 saturated heterocycles. The van der Waals surface area contributed by atoms with Crippen LogP contribution >= 0.6 is 11.6 Å². The summed E-state index contributed by atoms with van der Waals surface area (Å²) in [6, 6.07) is 7.29. The number of ether oxygens (including phenoxy) is 1. The smallest absolute Gasteiger partial charge is 0.337 e. The van der Waals surface area contributed by atoms with Crippen LogP contribution in [0, 0.1) is 0 Å². The summed E-state index contributed by atoms with van der Waals surface area (Å²) in [4.78, 5) is 11.1. The largest absolute Gasteiger partial charge is 0.465 e. The number of carbonyl (C=O) groups excluding carboxylic acids is 1. The summed E-state index contributed by atoms with van der Waals surface area (Å²) < 4.78 is 4.60. The van der Waals surface area contributed by atoms with E-state index in [4.69, 9.17) is 11.6 Å². The van der Waals surface area contributed by atoms with Crippen LogP contribution < -0.4 is 0 Å². The number of halogens is 1. The van der Waals surface area contributed by atoms with E-state index in [-0.39, 0.29) is 5.97 Å². The Labute approximate surface area is 82.5 Å². The topological polar surface area (TPSA) is 26.3 Å². The molecule has 0 aliphatic carbocycles. The molecular weight excluding hydrogens is 188 g/mol. The number of aryl methyl sites for hydroxylation is 1. The van der Waals surface area contributed by atoms with Crippen LogP contribution in [0.2, 0.25) is 0 Å². The number of carbonyl (C=O) groups is 1. The van der Waals surface area contributed by atoms with Gasteiger partial charge in [0.25, 0.3) is 0 Å². The van der Waals surface area contributed by atoms with Crippen LogP contribution in [0.15, 0.2) is 24.3 Å². The molecule has 0 atom stereocenters. The fourth-order valence-electron chi connectivity index (χ4n) is 1.08. The first-order valence-corrected chi connectivity index (χ1v) is 4.54. The Hall–Kier alpha value is -1.02. The number of hydrogen-bond acceptors (Lipinski definition) is 2. The first-order valence-electron chi connectivity index (χ1n) is 4.01. The van der Waals surface area contributed by atoms with Crippen LogP contribution in [0.5, 0.6) is 0 Å². The minimum atomic E-state index is -0.309. The number of benzene rings is 1. The third-order valence-electron chi connectivity index (χ3n) is 1.73. The fraction of sp³-hybridized carbons (Fsp3) is 0.300. The average molecular weight is 199 g/mol. The SMILES string of the molecule is COC(=O)c1cccc(CCCl)c1. The van der Waals surface area contributed by atoms with Crippen LogP contribution in [-0.4, -0.2) is 19.0 Å². The molecule has 0 aromatic heterocycles. The number of hydrogen-bond donors (Lipinski definition) is 0. The molecule has 70 valence electrons. The zero-order valence-corrected chi connectivity index (χ0v) is 8.17. The highest BCUT2D eigenvalue weighted by Gasteiger charge is 2.04. The molecule has 0 saturated carbocycles. The zero-order chi connectivity index (χ0) is 9.68. The molecule has 0 spiro atoms. The predicted molar refractivity (Wildman–Crippen MR) is 52.2 cm³/mol. The Morgan fingerprint density at radius 2 is 2.31 bits per heavy atom. The van der Waals surface area contributed by atoms with Crippen LogP contribution in [0.25, 0.3) is 0 Å². The lowest BCUT2D eigenvalue weighted by molar-refractivity contribution is 0.0600. The van der Waals surface area contributed by atoms with Gasteiger partial charge in [0, 0.05) is 5.88 Å². The second-order valence-electron chi connectivity index (χ2n) is 2.63. The standard InChI is InChI=1S/C10H11ClO2/c1-13-10(12)9-4-2-3-8(7-9)5-6-11/h2-4,7H,5-6H2,1H3. The molecule has 1 aromatic rings. The van der Waals surface area contributed by atoms with Gasteiger partial charge in [0.2, 0.25) is 0 Å². The maximum atomic E-state index is 11.1. The predicted octanol–water partition coefficient (Wildman–Crippen LogP) is 2.25. The van der Waals surface area contributed by atoms with E-state index >= 15 is 0 Å². The van der Waals surface area contributed by atoms with Gasteiger partial charge in [-0.3, -0.25) is 0 Å². The van der Waals surface area contributed by atoms with Crippen molar-refractivity contribution in [2.24, 2.45) is 0 Å². The van der Waals surface area contributed by atoms with E-state index in [0.717, 1.165) is 12.0 Å². The third-order valence-corrected chi connectivity index (χ3v) is 1.92. The highest BCUT2D eigenvalue weighted by atomic mass is 35.5. The van der Waals surface area contributed by atoms with E-state index in [0.29, 0.717) is 11.4 Å². The van der Waals surface area contributed by atoms with Crippen molar-refractivity contribution in [1.29, 1.82) is 0 Å². The molecule has 0 amide bonds. The van der Waals surface area contributed by atoms with Gasteiger partial charge in [-0.2, -0.15) is 0 Å². The molecule has 1 aromatic carbocycles. The summed E-state index contributed by atoms with van der Waals surface area (Å²) in [5.74, 6) is 0.251. The van der Waals surface area contributed by atoms with Gasteiger partial charge in [-0.15, -0.1) is 11.6 Å². The summed E-state index contributed by atoms with van der Waals surface area (Å²) >= 11 is 5.59. The van der Waals surface area contributed by atoms with Crippen molar-refractivity contribution in [3.05, 3.63) is 35.4 Å². The molecule has 0 unspecified atom stereocenters. The van der Waals surface area contributed by atoms with Crippen LogP contribution in [0.3, 0.4) is 0 Å². The molecule has 0 heterocycles. The van der Waals surface area contributed by atoms with E-state index in [1.54, 1.807) is 12.1 Å². The van der Waals surface area contributed by atoms with Crippen molar-refractivity contribution in [3.63, 3.8) is 0 Å². The molecule has 2 nitrogen and oxygen atoms in total. The van der Waals surface area contributed by atoms with Crippen molar-refractivity contribution in [1.82, 2.24) is 0 Å². The number of methoxy groups -OCH3 is 1. The van der Waals surface area contributed by atoms with E-state index in [2.05, 4.69) is 4.74 Å². The van der Waals surface area contributed by atoms with Crippen molar-refractivity contribution in [2.75, 3.05) is 13.0 Å². The molecule has 0 bridgehead atoms. The lowest BCUT2D eigenvalue weighted by Crippen LogP contribution is -2.01. The van der Waals surface area contributed by atoms with Gasteiger partial charge in [-0.25, -0.2) is 4.79 Å². The molecule has 1 rings (SSSR count). The maximum Gasteiger partial charge on any atom is 0.337 e. The van der Waals surface area contributed by atoms with Gasteiger partial charge in [0.1, 0.15) is 0 Å². The Balaban J connectivity index is 2.85. The van der Waals surface area contributed by atoms with Gasteiger partial charge in [0.15, 0.2) is 0 Å². The van der Waals surface area contributed by atoms with Crippen LogP contribution in [-0.2, 0) is 11.2 Å². The van der Waals surface area contributed by atoms with Crippen LogP contribution in [0.1, 0.15) is 15.9 Å². The highest BCUT2D eigenvalue weighted by Crippen LogP contribution is 2.07. The molecule has 0 N–H and O–H groups in total. The van der Waals surface area contributed by atoms with E-state index in [1.807, 2.05) is 12.1 Å². The molecule has 13 heavy (non-hydrogen) atoms. The summed E-state index contributed by atoms with van der Waals surface area (Å²) in [5, 5.41) is 0. The summed E-state index contributed by atoms with van der Waals surface area (Å²) in [5.41, 5.74) is 1.63. The van der Waals surface area contributed by atoms with Crippen molar-refractivity contribution in [3.8, 4) is 0 Å². The average Bonchev–Trinajstić information content (AvgIpc) is 2.18.